The van der Waals surface area contributed by atoms with Gasteiger partial charge < -0.3 is 14.4 Å². The molecule has 3 unspecified atom stereocenters. The van der Waals surface area contributed by atoms with Crippen LogP contribution in [0, 0.1) is 11.8 Å². The van der Waals surface area contributed by atoms with Gasteiger partial charge in [0.05, 0.1) is 12.5 Å². The summed E-state index contributed by atoms with van der Waals surface area (Å²) in [5, 5.41) is 0. The third-order valence-corrected chi connectivity index (χ3v) is 4.45. The molecule has 2 aliphatic rings. The smallest absolute Gasteiger partial charge is 0.409 e. The highest BCUT2D eigenvalue weighted by atomic mass is 16.6. The van der Waals surface area contributed by atoms with Crippen LogP contribution in [0.25, 0.3) is 0 Å². The van der Waals surface area contributed by atoms with Crippen LogP contribution in [0.5, 0.6) is 0 Å². The normalized spacial score (nSPS) is 29.8. The van der Waals surface area contributed by atoms with Crippen LogP contribution in [-0.2, 0) is 14.3 Å². The van der Waals surface area contributed by atoms with Gasteiger partial charge in [-0.1, -0.05) is 13.3 Å². The quantitative estimate of drug-likeness (QED) is 0.751. The van der Waals surface area contributed by atoms with Gasteiger partial charge in [-0.05, 0) is 44.9 Å². The minimum Gasteiger partial charge on any atom is -0.462 e. The second kappa shape index (κ2) is 7.66. The topological polar surface area (TPSA) is 55.8 Å². The van der Waals surface area contributed by atoms with E-state index in [1.807, 2.05) is 0 Å². The number of carbonyl (C=O) groups excluding carboxylic acids is 2. The van der Waals surface area contributed by atoms with Crippen LogP contribution >= 0.6 is 0 Å². The molecule has 1 saturated heterocycles. The van der Waals surface area contributed by atoms with Gasteiger partial charge in [-0.25, -0.2) is 4.79 Å². The van der Waals surface area contributed by atoms with Crippen molar-refractivity contribution in [2.45, 2.75) is 58.5 Å². The Bertz CT molecular complexity index is 371. The Morgan fingerprint density at radius 1 is 1.19 bits per heavy atom. The van der Waals surface area contributed by atoms with Crippen molar-refractivity contribution >= 4 is 12.1 Å². The molecule has 0 spiro atoms. The molecule has 1 saturated carbocycles. The van der Waals surface area contributed by atoms with Gasteiger partial charge in [0.15, 0.2) is 0 Å². The van der Waals surface area contributed by atoms with Crippen LogP contribution in [0.4, 0.5) is 4.79 Å². The zero-order valence-electron chi connectivity index (χ0n) is 13.2. The fourth-order valence-corrected chi connectivity index (χ4v) is 3.30. The predicted octanol–water partition coefficient (Wildman–Crippen LogP) is 2.98. The number of esters is 1. The van der Waals surface area contributed by atoms with Crippen molar-refractivity contribution in [3.05, 3.63) is 0 Å². The van der Waals surface area contributed by atoms with Gasteiger partial charge in [0, 0.05) is 13.1 Å². The number of hydrogen-bond acceptors (Lipinski definition) is 4. The van der Waals surface area contributed by atoms with E-state index >= 15 is 0 Å². The highest BCUT2D eigenvalue weighted by Gasteiger charge is 2.32. The molecule has 21 heavy (non-hydrogen) atoms. The number of ether oxygens (including phenoxy) is 2. The monoisotopic (exact) mass is 297 g/mol. The molecular weight excluding hydrogens is 270 g/mol. The Labute approximate surface area is 127 Å². The molecule has 2 rings (SSSR count). The first kappa shape index (κ1) is 16.1. The van der Waals surface area contributed by atoms with E-state index in [9.17, 15) is 9.59 Å². The Kier molecular flexibility index (Phi) is 5.88. The number of rotatable bonds is 3. The van der Waals surface area contributed by atoms with E-state index in [1.165, 1.54) is 6.42 Å². The van der Waals surface area contributed by atoms with Crippen molar-refractivity contribution in [2.24, 2.45) is 11.8 Å². The highest BCUT2D eigenvalue weighted by molar-refractivity contribution is 5.75. The maximum Gasteiger partial charge on any atom is 0.409 e. The van der Waals surface area contributed by atoms with E-state index in [4.69, 9.17) is 9.47 Å². The largest absolute Gasteiger partial charge is 0.462 e. The first-order valence-electron chi connectivity index (χ1n) is 8.22. The van der Waals surface area contributed by atoms with Crippen LogP contribution in [0.1, 0.15) is 52.4 Å². The average Bonchev–Trinajstić information content (AvgIpc) is 2.47. The lowest BCUT2D eigenvalue weighted by Crippen LogP contribution is -2.43. The van der Waals surface area contributed by atoms with E-state index in [0.717, 1.165) is 32.1 Å². The first-order chi connectivity index (χ1) is 10.1. The predicted molar refractivity (Wildman–Crippen MR) is 78.8 cm³/mol. The van der Waals surface area contributed by atoms with E-state index in [1.54, 1.807) is 11.8 Å². The Hall–Kier alpha value is -1.26. The summed E-state index contributed by atoms with van der Waals surface area (Å²) in [4.78, 5) is 25.7. The molecule has 0 aromatic carbocycles. The Morgan fingerprint density at radius 3 is 2.71 bits per heavy atom. The molecular formula is C16H27NO4. The Balaban J connectivity index is 1.82. The summed E-state index contributed by atoms with van der Waals surface area (Å²) < 4.78 is 10.7. The summed E-state index contributed by atoms with van der Waals surface area (Å²) in [7, 11) is 0. The van der Waals surface area contributed by atoms with Gasteiger partial charge in [-0.2, -0.15) is 0 Å². The molecule has 0 aromatic heterocycles. The molecule has 1 amide bonds. The zero-order chi connectivity index (χ0) is 15.2. The van der Waals surface area contributed by atoms with E-state index in [2.05, 4.69) is 6.92 Å². The molecule has 1 aliphatic heterocycles. The third kappa shape index (κ3) is 4.61. The summed E-state index contributed by atoms with van der Waals surface area (Å²) in [6.07, 6.45) is 5.70. The van der Waals surface area contributed by atoms with Crippen LogP contribution in [-0.4, -0.2) is 42.8 Å². The van der Waals surface area contributed by atoms with E-state index in [-0.39, 0.29) is 24.1 Å². The van der Waals surface area contributed by atoms with E-state index < -0.39 is 0 Å². The molecule has 5 nitrogen and oxygen atoms in total. The molecule has 1 heterocycles. The van der Waals surface area contributed by atoms with Crippen LogP contribution in [0.15, 0.2) is 0 Å². The van der Waals surface area contributed by atoms with Crippen molar-refractivity contribution in [1.82, 2.24) is 4.90 Å². The summed E-state index contributed by atoms with van der Waals surface area (Å²) in [5.41, 5.74) is 0. The van der Waals surface area contributed by atoms with Crippen molar-refractivity contribution in [1.29, 1.82) is 0 Å². The average molecular weight is 297 g/mol. The van der Waals surface area contributed by atoms with Gasteiger partial charge in [0.25, 0.3) is 0 Å². The Morgan fingerprint density at radius 2 is 2.00 bits per heavy atom. The molecule has 2 fully saturated rings. The number of amides is 1. The van der Waals surface area contributed by atoms with Gasteiger partial charge in [-0.15, -0.1) is 0 Å². The van der Waals surface area contributed by atoms with Gasteiger partial charge in [0.2, 0.25) is 0 Å². The number of likely N-dealkylation sites (tertiary alicyclic amines) is 1. The van der Waals surface area contributed by atoms with Crippen molar-refractivity contribution in [3.63, 3.8) is 0 Å². The molecule has 0 radical (unpaired) electrons. The van der Waals surface area contributed by atoms with Crippen LogP contribution in [0.2, 0.25) is 0 Å². The second-order valence-corrected chi connectivity index (χ2v) is 6.31. The maximum atomic E-state index is 12.3. The van der Waals surface area contributed by atoms with Gasteiger partial charge in [0.1, 0.15) is 6.10 Å². The molecule has 0 aromatic rings. The lowest BCUT2D eigenvalue weighted by molar-refractivity contribution is -0.157. The number of nitrogens with zero attached hydrogens (tertiary/aromatic N) is 1. The fraction of sp³-hybridized carbons (Fsp3) is 0.875. The van der Waals surface area contributed by atoms with Crippen molar-refractivity contribution in [2.75, 3.05) is 19.7 Å². The summed E-state index contributed by atoms with van der Waals surface area (Å²) >= 11 is 0. The highest BCUT2D eigenvalue weighted by Crippen LogP contribution is 2.27. The first-order valence-corrected chi connectivity index (χ1v) is 8.22. The zero-order valence-corrected chi connectivity index (χ0v) is 13.2. The fourth-order valence-electron chi connectivity index (χ4n) is 3.30. The maximum absolute atomic E-state index is 12.3. The van der Waals surface area contributed by atoms with Crippen LogP contribution in [0.3, 0.4) is 0 Å². The number of hydrogen-bond donors (Lipinski definition) is 0. The number of piperidine rings is 1. The molecule has 120 valence electrons. The van der Waals surface area contributed by atoms with Gasteiger partial charge in [-0.3, -0.25) is 4.79 Å². The second-order valence-electron chi connectivity index (χ2n) is 6.31. The molecule has 0 N–H and O–H groups in total. The van der Waals surface area contributed by atoms with Crippen LogP contribution < -0.4 is 0 Å². The molecule has 3 atom stereocenters. The van der Waals surface area contributed by atoms with Crippen molar-refractivity contribution < 1.29 is 19.1 Å². The molecule has 1 aliphatic carbocycles. The standard InChI is InChI=1S/C16H27NO4/c1-3-20-16(19)17-9-5-7-13(11-17)15(18)21-14-8-4-6-12(2)10-14/h12-14H,3-11H2,1-2H3. The molecule has 0 bridgehead atoms. The summed E-state index contributed by atoms with van der Waals surface area (Å²) in [6, 6.07) is 0. The minimum absolute atomic E-state index is 0.0687. The lowest BCUT2D eigenvalue weighted by atomic mass is 9.88. The third-order valence-electron chi connectivity index (χ3n) is 4.45. The van der Waals surface area contributed by atoms with Crippen molar-refractivity contribution in [3.8, 4) is 0 Å². The molecule has 5 heteroatoms. The summed E-state index contributed by atoms with van der Waals surface area (Å²) in [5.74, 6) is 0.308. The SMILES string of the molecule is CCOC(=O)N1CCCC(C(=O)OC2CCCC(C)C2)C1. The summed E-state index contributed by atoms with van der Waals surface area (Å²) in [6.45, 7) is 5.47. The minimum atomic E-state index is -0.318. The number of carbonyl (C=O) groups is 2. The lowest BCUT2D eigenvalue weighted by Gasteiger charge is -2.33. The van der Waals surface area contributed by atoms with Gasteiger partial charge >= 0.3 is 12.1 Å². The van der Waals surface area contributed by atoms with E-state index in [0.29, 0.717) is 25.6 Å².